The van der Waals surface area contributed by atoms with Crippen LogP contribution in [0.25, 0.3) is 10.4 Å². The van der Waals surface area contributed by atoms with Crippen LogP contribution in [0, 0.1) is 11.3 Å². The summed E-state index contributed by atoms with van der Waals surface area (Å²) in [5, 5.41) is 5.01. The maximum absolute atomic E-state index is 13.1. The van der Waals surface area contributed by atoms with Gasteiger partial charge in [-0.25, -0.2) is 0 Å². The van der Waals surface area contributed by atoms with Crippen molar-refractivity contribution in [2.75, 3.05) is 20.1 Å². The molecule has 4 rings (SSSR count). The summed E-state index contributed by atoms with van der Waals surface area (Å²) in [6.07, 6.45) is 9.09. The van der Waals surface area contributed by atoms with E-state index in [1.54, 1.807) is 18.4 Å². The molecule has 0 spiro atoms. The van der Waals surface area contributed by atoms with Crippen LogP contribution in [0.5, 0.6) is 0 Å². The second-order valence-electron chi connectivity index (χ2n) is 9.26. The van der Waals surface area contributed by atoms with Crippen LogP contribution in [0.3, 0.4) is 0 Å². The number of carbonyl (C=O) groups excluding carboxylic acids is 2. The number of thiophene rings is 1. The molecule has 2 aromatic rings. The average Bonchev–Trinajstić information content (AvgIpc) is 3.35. The summed E-state index contributed by atoms with van der Waals surface area (Å²) in [6.45, 7) is 1.36. The smallest absolute Gasteiger partial charge is 0.226 e. The van der Waals surface area contributed by atoms with Gasteiger partial charge < -0.3 is 10.2 Å². The number of carbonyl (C=O) groups is 2. The highest BCUT2D eigenvalue weighted by Crippen LogP contribution is 2.39. The van der Waals surface area contributed by atoms with E-state index in [4.69, 9.17) is 0 Å². The summed E-state index contributed by atoms with van der Waals surface area (Å²) < 4.78 is 0. The lowest BCUT2D eigenvalue weighted by Crippen LogP contribution is -2.50. The predicted molar refractivity (Wildman–Crippen MR) is 127 cm³/mol. The maximum atomic E-state index is 13.1. The van der Waals surface area contributed by atoms with E-state index in [1.165, 1.54) is 48.1 Å². The van der Waals surface area contributed by atoms with Crippen molar-refractivity contribution in [1.29, 1.82) is 0 Å². The van der Waals surface area contributed by atoms with E-state index in [-0.39, 0.29) is 11.8 Å². The normalized spacial score (nSPS) is 19.2. The zero-order valence-corrected chi connectivity index (χ0v) is 19.4. The topological polar surface area (TPSA) is 49.4 Å². The van der Waals surface area contributed by atoms with Crippen molar-refractivity contribution < 1.29 is 9.59 Å². The summed E-state index contributed by atoms with van der Waals surface area (Å²) >= 11 is 1.73. The second kappa shape index (κ2) is 9.99. The van der Waals surface area contributed by atoms with Gasteiger partial charge in [-0.2, -0.15) is 0 Å². The van der Waals surface area contributed by atoms with E-state index in [9.17, 15) is 9.59 Å². The van der Waals surface area contributed by atoms with Crippen LogP contribution in [0.1, 0.15) is 56.9 Å². The van der Waals surface area contributed by atoms with Crippen molar-refractivity contribution >= 4 is 23.2 Å². The first-order chi connectivity index (χ1) is 15.1. The molecule has 1 saturated carbocycles. The number of piperidine rings is 1. The molecule has 0 unspecified atom stereocenters. The fourth-order valence-corrected chi connectivity index (χ4v) is 6.20. The summed E-state index contributed by atoms with van der Waals surface area (Å²) in [6, 6.07) is 12.6. The third kappa shape index (κ3) is 5.03. The van der Waals surface area contributed by atoms with Crippen LogP contribution < -0.4 is 5.32 Å². The highest BCUT2D eigenvalue weighted by Gasteiger charge is 2.42. The molecule has 2 aliphatic rings. The van der Waals surface area contributed by atoms with Crippen molar-refractivity contribution in [2.24, 2.45) is 11.3 Å². The van der Waals surface area contributed by atoms with Crippen LogP contribution in [-0.4, -0.2) is 36.9 Å². The van der Waals surface area contributed by atoms with E-state index in [0.717, 1.165) is 12.8 Å². The second-order valence-corrected chi connectivity index (χ2v) is 10.2. The van der Waals surface area contributed by atoms with E-state index in [1.807, 2.05) is 4.90 Å². The maximum Gasteiger partial charge on any atom is 0.226 e. The summed E-state index contributed by atoms with van der Waals surface area (Å²) in [4.78, 5) is 29.2. The minimum absolute atomic E-state index is 0.105. The van der Waals surface area contributed by atoms with Gasteiger partial charge in [0.2, 0.25) is 11.8 Å². The highest BCUT2D eigenvalue weighted by molar-refractivity contribution is 7.13. The lowest BCUT2D eigenvalue weighted by atomic mass is 9.72. The van der Waals surface area contributed by atoms with Crippen LogP contribution in [0.4, 0.5) is 0 Å². The third-order valence-electron chi connectivity index (χ3n) is 7.30. The zero-order chi connectivity index (χ0) is 21.7. The summed E-state index contributed by atoms with van der Waals surface area (Å²) in [5.74, 6) is 0.953. The molecule has 2 fully saturated rings. The Morgan fingerprint density at radius 2 is 1.81 bits per heavy atom. The van der Waals surface area contributed by atoms with Crippen molar-refractivity contribution in [2.45, 2.75) is 57.8 Å². The minimum Gasteiger partial charge on any atom is -0.359 e. The van der Waals surface area contributed by atoms with Gasteiger partial charge >= 0.3 is 0 Å². The molecule has 1 N–H and O–H groups in total. The molecule has 4 nitrogen and oxygen atoms in total. The number of hydrogen-bond acceptors (Lipinski definition) is 3. The van der Waals surface area contributed by atoms with Crippen LogP contribution in [0.2, 0.25) is 0 Å². The SMILES string of the molecule is CNC(=O)C1(Cc2ccccc2-c2cccs2)CCN(C(=O)CC2CCCCC2)CC1. The molecule has 0 radical (unpaired) electrons. The van der Waals surface area contributed by atoms with Crippen molar-refractivity contribution in [3.05, 3.63) is 47.3 Å². The Bertz CT molecular complexity index is 879. The van der Waals surface area contributed by atoms with Gasteiger partial charge in [-0.1, -0.05) is 49.6 Å². The molecule has 2 amide bonds. The lowest BCUT2D eigenvalue weighted by Gasteiger charge is -2.41. The summed E-state index contributed by atoms with van der Waals surface area (Å²) in [7, 11) is 1.73. The molecule has 1 aliphatic carbocycles. The Hall–Kier alpha value is -2.14. The van der Waals surface area contributed by atoms with E-state index in [0.29, 0.717) is 31.8 Å². The van der Waals surface area contributed by atoms with Gasteiger partial charge in [-0.05, 0) is 60.6 Å². The van der Waals surface area contributed by atoms with Gasteiger partial charge in [0, 0.05) is 31.4 Å². The fourth-order valence-electron chi connectivity index (χ4n) is 5.41. The van der Waals surface area contributed by atoms with E-state index in [2.05, 4.69) is 47.1 Å². The number of rotatable bonds is 6. The van der Waals surface area contributed by atoms with Crippen molar-refractivity contribution in [1.82, 2.24) is 10.2 Å². The Morgan fingerprint density at radius 3 is 2.48 bits per heavy atom. The molecule has 1 saturated heterocycles. The third-order valence-corrected chi connectivity index (χ3v) is 8.21. The number of likely N-dealkylation sites (tertiary alicyclic amines) is 1. The van der Waals surface area contributed by atoms with E-state index >= 15 is 0 Å². The van der Waals surface area contributed by atoms with Crippen molar-refractivity contribution in [3.63, 3.8) is 0 Å². The molecule has 2 heterocycles. The average molecular weight is 439 g/mol. The molecule has 0 atom stereocenters. The monoisotopic (exact) mass is 438 g/mol. The predicted octanol–water partition coefficient (Wildman–Crippen LogP) is 5.28. The molecule has 1 aromatic heterocycles. The van der Waals surface area contributed by atoms with Crippen LogP contribution >= 0.6 is 11.3 Å². The Morgan fingerprint density at radius 1 is 1.06 bits per heavy atom. The van der Waals surface area contributed by atoms with Gasteiger partial charge in [0.15, 0.2) is 0 Å². The molecular weight excluding hydrogens is 404 g/mol. The minimum atomic E-state index is -0.455. The molecule has 31 heavy (non-hydrogen) atoms. The number of nitrogens with zero attached hydrogens (tertiary/aromatic N) is 1. The Kier molecular flexibility index (Phi) is 7.11. The van der Waals surface area contributed by atoms with Gasteiger partial charge in [0.1, 0.15) is 0 Å². The molecule has 1 aliphatic heterocycles. The standard InChI is InChI=1S/C26H34N2O2S/c1-27-25(30)26(19-21-10-5-6-11-22(21)23-12-7-17-31-23)13-15-28(16-14-26)24(29)18-20-8-3-2-4-9-20/h5-7,10-12,17,20H,2-4,8-9,13-16,18-19H2,1H3,(H,27,30). The quantitative estimate of drug-likeness (QED) is 0.667. The molecule has 5 heteroatoms. The van der Waals surface area contributed by atoms with Gasteiger partial charge in [-0.15, -0.1) is 11.3 Å². The Labute approximate surface area is 190 Å². The van der Waals surface area contributed by atoms with Gasteiger partial charge in [-0.3, -0.25) is 9.59 Å². The highest BCUT2D eigenvalue weighted by atomic mass is 32.1. The van der Waals surface area contributed by atoms with Crippen LogP contribution in [-0.2, 0) is 16.0 Å². The fraction of sp³-hybridized carbons (Fsp3) is 0.538. The first-order valence-electron chi connectivity index (χ1n) is 11.7. The van der Waals surface area contributed by atoms with Gasteiger partial charge in [0.05, 0.1) is 5.41 Å². The zero-order valence-electron chi connectivity index (χ0n) is 18.6. The molecule has 166 valence electrons. The lowest BCUT2D eigenvalue weighted by molar-refractivity contribution is -0.141. The Balaban J connectivity index is 1.47. The summed E-state index contributed by atoms with van der Waals surface area (Å²) in [5.41, 5.74) is 1.98. The number of benzene rings is 1. The largest absolute Gasteiger partial charge is 0.359 e. The molecule has 1 aromatic carbocycles. The van der Waals surface area contributed by atoms with Gasteiger partial charge in [0.25, 0.3) is 0 Å². The first-order valence-corrected chi connectivity index (χ1v) is 12.6. The van der Waals surface area contributed by atoms with Crippen molar-refractivity contribution in [3.8, 4) is 10.4 Å². The number of nitrogens with one attached hydrogen (secondary N) is 1. The first kappa shape index (κ1) is 22.1. The van der Waals surface area contributed by atoms with E-state index < -0.39 is 5.41 Å². The van der Waals surface area contributed by atoms with Crippen LogP contribution in [0.15, 0.2) is 41.8 Å². The number of hydrogen-bond donors (Lipinski definition) is 1. The molecular formula is C26H34N2O2S. The number of amides is 2. The molecule has 0 bridgehead atoms.